The number of ketones is 1. The average Bonchev–Trinajstić information content (AvgIpc) is 2.72. The maximum absolute atomic E-state index is 11.9. The van der Waals surface area contributed by atoms with Gasteiger partial charge >= 0.3 is 0 Å². The number of carbonyl (C=O) groups is 1. The van der Waals surface area contributed by atoms with Crippen molar-refractivity contribution in [3.8, 4) is 0 Å². The summed E-state index contributed by atoms with van der Waals surface area (Å²) in [6.07, 6.45) is 0. The highest BCUT2D eigenvalue weighted by atomic mass is 32.1. The highest BCUT2D eigenvalue weighted by Crippen LogP contribution is 2.21. The molecular formula is C10H13NOS. The molecule has 70 valence electrons. The summed E-state index contributed by atoms with van der Waals surface area (Å²) in [5, 5.41) is 7.14. The van der Waals surface area contributed by atoms with Crippen LogP contribution in [0.3, 0.4) is 0 Å². The summed E-state index contributed by atoms with van der Waals surface area (Å²) in [7, 11) is 0. The van der Waals surface area contributed by atoms with Crippen LogP contribution >= 0.6 is 11.3 Å². The van der Waals surface area contributed by atoms with Crippen molar-refractivity contribution >= 4 is 17.1 Å². The van der Waals surface area contributed by atoms with Crippen molar-refractivity contribution in [2.45, 2.75) is 6.92 Å². The zero-order valence-electron chi connectivity index (χ0n) is 7.62. The van der Waals surface area contributed by atoms with E-state index in [2.05, 4.69) is 12.2 Å². The molecule has 2 unspecified atom stereocenters. The van der Waals surface area contributed by atoms with Crippen LogP contribution in [0.4, 0.5) is 0 Å². The molecule has 1 aliphatic rings. The lowest BCUT2D eigenvalue weighted by Gasteiger charge is -2.10. The van der Waals surface area contributed by atoms with Gasteiger partial charge in [0.25, 0.3) is 0 Å². The largest absolute Gasteiger partial charge is 0.316 e. The van der Waals surface area contributed by atoms with E-state index in [-0.39, 0.29) is 5.92 Å². The van der Waals surface area contributed by atoms with Gasteiger partial charge < -0.3 is 5.32 Å². The Balaban J connectivity index is 2.13. The van der Waals surface area contributed by atoms with Gasteiger partial charge in [-0.1, -0.05) is 6.92 Å². The predicted molar refractivity (Wildman–Crippen MR) is 54.2 cm³/mol. The number of hydrogen-bond acceptors (Lipinski definition) is 3. The molecule has 3 heteroatoms. The number of rotatable bonds is 2. The SMILES string of the molecule is CC1CNCC1C(=O)c1ccsc1. The molecule has 0 saturated carbocycles. The molecule has 13 heavy (non-hydrogen) atoms. The van der Waals surface area contributed by atoms with Gasteiger partial charge in [0.1, 0.15) is 0 Å². The van der Waals surface area contributed by atoms with Gasteiger partial charge in [-0.25, -0.2) is 0 Å². The lowest BCUT2D eigenvalue weighted by Crippen LogP contribution is -2.20. The van der Waals surface area contributed by atoms with Gasteiger partial charge in [0, 0.05) is 23.4 Å². The Kier molecular flexibility index (Phi) is 2.47. The molecule has 1 aromatic heterocycles. The van der Waals surface area contributed by atoms with Gasteiger partial charge in [-0.15, -0.1) is 0 Å². The third-order valence-corrected chi connectivity index (χ3v) is 3.34. The fraction of sp³-hybridized carbons (Fsp3) is 0.500. The molecule has 1 fully saturated rings. The first-order valence-corrected chi connectivity index (χ1v) is 5.50. The summed E-state index contributed by atoms with van der Waals surface area (Å²) in [4.78, 5) is 11.9. The van der Waals surface area contributed by atoms with E-state index in [0.717, 1.165) is 18.7 Å². The van der Waals surface area contributed by atoms with E-state index in [9.17, 15) is 4.79 Å². The molecule has 0 radical (unpaired) electrons. The molecule has 0 spiro atoms. The number of carbonyl (C=O) groups excluding carboxylic acids is 1. The minimum absolute atomic E-state index is 0.189. The fourth-order valence-electron chi connectivity index (χ4n) is 1.78. The van der Waals surface area contributed by atoms with E-state index in [1.807, 2.05) is 16.8 Å². The summed E-state index contributed by atoms with van der Waals surface area (Å²) in [5.74, 6) is 0.973. The molecule has 0 amide bonds. The third-order valence-electron chi connectivity index (χ3n) is 2.66. The molecule has 2 atom stereocenters. The quantitative estimate of drug-likeness (QED) is 0.729. The fourth-order valence-corrected chi connectivity index (χ4v) is 2.42. The number of nitrogens with one attached hydrogen (secondary N) is 1. The van der Waals surface area contributed by atoms with E-state index in [0.29, 0.717) is 11.7 Å². The van der Waals surface area contributed by atoms with Crippen LogP contribution in [0.2, 0.25) is 0 Å². The standard InChI is InChI=1S/C10H13NOS/c1-7-4-11-5-9(7)10(12)8-2-3-13-6-8/h2-3,6-7,9,11H,4-5H2,1H3. The summed E-state index contributed by atoms with van der Waals surface area (Å²) >= 11 is 1.59. The summed E-state index contributed by atoms with van der Waals surface area (Å²) < 4.78 is 0. The van der Waals surface area contributed by atoms with Gasteiger partial charge in [0.05, 0.1) is 0 Å². The van der Waals surface area contributed by atoms with Crippen LogP contribution in [-0.4, -0.2) is 18.9 Å². The van der Waals surface area contributed by atoms with Crippen LogP contribution < -0.4 is 5.32 Å². The second kappa shape index (κ2) is 3.60. The minimum atomic E-state index is 0.189. The van der Waals surface area contributed by atoms with Crippen molar-refractivity contribution < 1.29 is 4.79 Å². The van der Waals surface area contributed by atoms with E-state index >= 15 is 0 Å². The lowest BCUT2D eigenvalue weighted by atomic mass is 9.91. The molecule has 1 N–H and O–H groups in total. The Labute approximate surface area is 82.0 Å². The van der Waals surface area contributed by atoms with Crippen LogP contribution in [0.5, 0.6) is 0 Å². The summed E-state index contributed by atoms with van der Waals surface area (Å²) in [6, 6.07) is 1.91. The van der Waals surface area contributed by atoms with Gasteiger partial charge in [0.15, 0.2) is 5.78 Å². The number of Topliss-reactive ketones (excluding diaryl/α,β-unsaturated/α-hetero) is 1. The molecule has 0 aromatic carbocycles. The van der Waals surface area contributed by atoms with Gasteiger partial charge in [-0.2, -0.15) is 11.3 Å². The molecule has 2 nitrogen and oxygen atoms in total. The second-order valence-electron chi connectivity index (χ2n) is 3.62. The first kappa shape index (κ1) is 8.91. The molecule has 2 rings (SSSR count). The van der Waals surface area contributed by atoms with Crippen molar-refractivity contribution in [1.82, 2.24) is 5.32 Å². The van der Waals surface area contributed by atoms with Gasteiger partial charge in [-0.05, 0) is 23.9 Å². The normalized spacial score (nSPS) is 27.8. The average molecular weight is 195 g/mol. The smallest absolute Gasteiger partial charge is 0.168 e. The highest BCUT2D eigenvalue weighted by Gasteiger charge is 2.30. The zero-order chi connectivity index (χ0) is 9.26. The molecule has 2 heterocycles. The lowest BCUT2D eigenvalue weighted by molar-refractivity contribution is 0.0908. The number of thiophene rings is 1. The van der Waals surface area contributed by atoms with Crippen LogP contribution in [-0.2, 0) is 0 Å². The zero-order valence-corrected chi connectivity index (χ0v) is 8.43. The molecule has 1 saturated heterocycles. The predicted octanol–water partition coefficient (Wildman–Crippen LogP) is 1.79. The Hall–Kier alpha value is -0.670. The summed E-state index contributed by atoms with van der Waals surface area (Å²) in [5.41, 5.74) is 0.880. The van der Waals surface area contributed by atoms with Crippen molar-refractivity contribution in [2.75, 3.05) is 13.1 Å². The Morgan fingerprint density at radius 2 is 2.46 bits per heavy atom. The third kappa shape index (κ3) is 1.67. The van der Waals surface area contributed by atoms with E-state index in [1.54, 1.807) is 11.3 Å². The Morgan fingerprint density at radius 3 is 3.00 bits per heavy atom. The molecular weight excluding hydrogens is 182 g/mol. The van der Waals surface area contributed by atoms with E-state index < -0.39 is 0 Å². The first-order valence-electron chi connectivity index (χ1n) is 4.56. The van der Waals surface area contributed by atoms with Crippen molar-refractivity contribution in [2.24, 2.45) is 11.8 Å². The second-order valence-corrected chi connectivity index (χ2v) is 4.40. The maximum atomic E-state index is 11.9. The Bertz CT molecular complexity index is 294. The minimum Gasteiger partial charge on any atom is -0.316 e. The van der Waals surface area contributed by atoms with E-state index in [4.69, 9.17) is 0 Å². The molecule has 0 bridgehead atoms. The Morgan fingerprint density at radius 1 is 1.62 bits per heavy atom. The maximum Gasteiger partial charge on any atom is 0.168 e. The summed E-state index contributed by atoms with van der Waals surface area (Å²) in [6.45, 7) is 3.95. The van der Waals surface area contributed by atoms with E-state index in [1.165, 1.54) is 0 Å². The molecule has 0 aliphatic carbocycles. The topological polar surface area (TPSA) is 29.1 Å². The first-order chi connectivity index (χ1) is 6.29. The monoisotopic (exact) mass is 195 g/mol. The van der Waals surface area contributed by atoms with Gasteiger partial charge in [-0.3, -0.25) is 4.79 Å². The van der Waals surface area contributed by atoms with Gasteiger partial charge in [0.2, 0.25) is 0 Å². The molecule has 1 aliphatic heterocycles. The number of hydrogen-bond donors (Lipinski definition) is 1. The molecule has 1 aromatic rings. The van der Waals surface area contributed by atoms with Crippen molar-refractivity contribution in [1.29, 1.82) is 0 Å². The van der Waals surface area contributed by atoms with Crippen molar-refractivity contribution in [3.05, 3.63) is 22.4 Å². The highest BCUT2D eigenvalue weighted by molar-refractivity contribution is 7.08. The van der Waals surface area contributed by atoms with Crippen LogP contribution in [0.25, 0.3) is 0 Å². The van der Waals surface area contributed by atoms with Crippen LogP contribution in [0.1, 0.15) is 17.3 Å². The van der Waals surface area contributed by atoms with Crippen molar-refractivity contribution in [3.63, 3.8) is 0 Å². The van der Waals surface area contributed by atoms with Crippen LogP contribution in [0, 0.1) is 11.8 Å². The van der Waals surface area contributed by atoms with Crippen LogP contribution in [0.15, 0.2) is 16.8 Å².